The van der Waals surface area contributed by atoms with E-state index in [1.807, 2.05) is 0 Å². The molecule has 2 aliphatic carbocycles. The zero-order valence-corrected chi connectivity index (χ0v) is 10.2. The van der Waals surface area contributed by atoms with Gasteiger partial charge in [0, 0.05) is 17.9 Å². The van der Waals surface area contributed by atoms with Crippen molar-refractivity contribution in [1.82, 2.24) is 0 Å². The van der Waals surface area contributed by atoms with Crippen LogP contribution in [0.1, 0.15) is 44.9 Å². The number of hydrogen-bond acceptors (Lipinski definition) is 4. The van der Waals surface area contributed by atoms with Gasteiger partial charge in [0.2, 0.25) is 0 Å². The fourth-order valence-corrected chi connectivity index (χ4v) is 3.16. The molecule has 0 radical (unpaired) electrons. The molecule has 0 aromatic carbocycles. The van der Waals surface area contributed by atoms with Crippen LogP contribution >= 0.6 is 0 Å². The molecule has 98 valence electrons. The van der Waals surface area contributed by atoms with Crippen LogP contribution in [0.15, 0.2) is 0 Å². The summed E-state index contributed by atoms with van der Waals surface area (Å²) in [5.74, 6) is 0.0405. The van der Waals surface area contributed by atoms with Gasteiger partial charge < -0.3 is 15.9 Å². The van der Waals surface area contributed by atoms with Crippen LogP contribution < -0.4 is 5.73 Å². The summed E-state index contributed by atoms with van der Waals surface area (Å²) in [4.78, 5) is 12.3. The van der Waals surface area contributed by atoms with Crippen LogP contribution in [0.5, 0.6) is 0 Å². The monoisotopic (exact) mass is 241 g/mol. The number of nitrogens with two attached hydrogens (primary N) is 1. The van der Waals surface area contributed by atoms with Gasteiger partial charge in [-0.2, -0.15) is 0 Å². The summed E-state index contributed by atoms with van der Waals surface area (Å²) in [6, 6.07) is 0.247. The standard InChI is InChI=1S/C13H23NO3/c14-9-3-1-8(2-4-9)13(17)11-6-5-10(15)7-12(11)16/h8-12,15-16H,1-7,14H2/t8?,9?,10-,11+,12-/m0/s1. The molecule has 2 rings (SSSR count). The van der Waals surface area contributed by atoms with Gasteiger partial charge in [-0.05, 0) is 44.9 Å². The third-order valence-corrected chi connectivity index (χ3v) is 4.33. The first-order valence-electron chi connectivity index (χ1n) is 6.73. The molecule has 0 heterocycles. The molecule has 0 saturated heterocycles. The fourth-order valence-electron chi connectivity index (χ4n) is 3.16. The summed E-state index contributed by atoms with van der Waals surface area (Å²) >= 11 is 0. The Labute approximate surface area is 102 Å². The number of carbonyl (C=O) groups excluding carboxylic acids is 1. The topological polar surface area (TPSA) is 83.6 Å². The maximum atomic E-state index is 12.3. The lowest BCUT2D eigenvalue weighted by Crippen LogP contribution is -2.41. The molecule has 2 aliphatic rings. The zero-order valence-electron chi connectivity index (χ0n) is 10.2. The molecule has 0 aromatic rings. The Morgan fingerprint density at radius 2 is 1.65 bits per heavy atom. The quantitative estimate of drug-likeness (QED) is 0.661. The van der Waals surface area contributed by atoms with Crippen LogP contribution in [-0.4, -0.2) is 34.2 Å². The summed E-state index contributed by atoms with van der Waals surface area (Å²) in [5, 5.41) is 19.3. The summed E-state index contributed by atoms with van der Waals surface area (Å²) in [7, 11) is 0. The molecular weight excluding hydrogens is 218 g/mol. The van der Waals surface area contributed by atoms with E-state index >= 15 is 0 Å². The predicted molar refractivity (Wildman–Crippen MR) is 64.3 cm³/mol. The Balaban J connectivity index is 1.91. The van der Waals surface area contributed by atoms with Gasteiger partial charge in [-0.25, -0.2) is 0 Å². The summed E-state index contributed by atoms with van der Waals surface area (Å²) in [5.41, 5.74) is 5.83. The lowest BCUT2D eigenvalue weighted by molar-refractivity contribution is -0.134. The Morgan fingerprint density at radius 3 is 2.24 bits per heavy atom. The van der Waals surface area contributed by atoms with Crippen LogP contribution in [0.25, 0.3) is 0 Å². The van der Waals surface area contributed by atoms with E-state index in [1.54, 1.807) is 0 Å². The van der Waals surface area contributed by atoms with Crippen molar-refractivity contribution >= 4 is 5.78 Å². The normalized spacial score (nSPS) is 43.4. The molecule has 0 bridgehead atoms. The molecule has 4 nitrogen and oxygen atoms in total. The Morgan fingerprint density at radius 1 is 1.00 bits per heavy atom. The molecule has 2 saturated carbocycles. The highest BCUT2D eigenvalue weighted by Crippen LogP contribution is 2.32. The lowest BCUT2D eigenvalue weighted by Gasteiger charge is -2.34. The number of Topliss-reactive ketones (excluding diaryl/α,β-unsaturated/α-hetero) is 1. The minimum atomic E-state index is -0.651. The van der Waals surface area contributed by atoms with Crippen molar-refractivity contribution in [1.29, 1.82) is 0 Å². The molecule has 0 unspecified atom stereocenters. The number of hydrogen-bond donors (Lipinski definition) is 3. The molecule has 4 N–H and O–H groups in total. The maximum absolute atomic E-state index is 12.3. The first kappa shape index (κ1) is 13.0. The zero-order chi connectivity index (χ0) is 12.4. The van der Waals surface area contributed by atoms with Crippen molar-refractivity contribution in [3.63, 3.8) is 0 Å². The predicted octanol–water partition coefficient (Wildman–Crippen LogP) is 0.595. The summed E-state index contributed by atoms with van der Waals surface area (Å²) in [6.45, 7) is 0. The molecule has 0 spiro atoms. The molecule has 17 heavy (non-hydrogen) atoms. The first-order chi connectivity index (χ1) is 8.08. The second kappa shape index (κ2) is 5.46. The van der Waals surface area contributed by atoms with Crippen molar-refractivity contribution in [2.24, 2.45) is 17.6 Å². The van der Waals surface area contributed by atoms with Crippen LogP contribution in [0, 0.1) is 11.8 Å². The van der Waals surface area contributed by atoms with E-state index in [2.05, 4.69) is 0 Å². The van der Waals surface area contributed by atoms with E-state index in [0.717, 1.165) is 25.7 Å². The van der Waals surface area contributed by atoms with Gasteiger partial charge in [0.1, 0.15) is 5.78 Å². The lowest BCUT2D eigenvalue weighted by atomic mass is 9.74. The number of aliphatic hydroxyl groups is 2. The van der Waals surface area contributed by atoms with Crippen molar-refractivity contribution in [3.8, 4) is 0 Å². The number of aliphatic hydroxyl groups excluding tert-OH is 2. The number of carbonyl (C=O) groups is 1. The smallest absolute Gasteiger partial charge is 0.141 e. The third kappa shape index (κ3) is 3.06. The fraction of sp³-hybridized carbons (Fsp3) is 0.923. The average molecular weight is 241 g/mol. The van der Waals surface area contributed by atoms with E-state index < -0.39 is 12.2 Å². The molecule has 0 aliphatic heterocycles. The van der Waals surface area contributed by atoms with Gasteiger partial charge in [-0.15, -0.1) is 0 Å². The SMILES string of the molecule is NC1CCC(C(=O)[C@@H]2CC[C@H](O)C[C@@H]2O)CC1. The highest BCUT2D eigenvalue weighted by molar-refractivity contribution is 5.84. The highest BCUT2D eigenvalue weighted by atomic mass is 16.3. The van der Waals surface area contributed by atoms with Gasteiger partial charge >= 0.3 is 0 Å². The van der Waals surface area contributed by atoms with Gasteiger partial charge in [-0.1, -0.05) is 0 Å². The Kier molecular flexibility index (Phi) is 4.17. The van der Waals surface area contributed by atoms with Gasteiger partial charge in [-0.3, -0.25) is 4.79 Å². The van der Waals surface area contributed by atoms with E-state index in [-0.39, 0.29) is 23.7 Å². The van der Waals surface area contributed by atoms with Crippen molar-refractivity contribution in [2.75, 3.05) is 0 Å². The maximum Gasteiger partial charge on any atom is 0.141 e. The van der Waals surface area contributed by atoms with Crippen LogP contribution in [0.4, 0.5) is 0 Å². The molecular formula is C13H23NO3. The number of rotatable bonds is 2. The summed E-state index contributed by atoms with van der Waals surface area (Å²) < 4.78 is 0. The first-order valence-corrected chi connectivity index (χ1v) is 6.73. The van der Waals surface area contributed by atoms with Crippen molar-refractivity contribution in [2.45, 2.75) is 63.2 Å². The van der Waals surface area contributed by atoms with Gasteiger partial charge in [0.25, 0.3) is 0 Å². The Hall–Kier alpha value is -0.450. The minimum Gasteiger partial charge on any atom is -0.393 e. The number of ketones is 1. The molecule has 2 fully saturated rings. The van der Waals surface area contributed by atoms with Crippen molar-refractivity contribution < 1.29 is 15.0 Å². The van der Waals surface area contributed by atoms with E-state index in [0.29, 0.717) is 19.3 Å². The van der Waals surface area contributed by atoms with E-state index in [1.165, 1.54) is 0 Å². The van der Waals surface area contributed by atoms with Crippen molar-refractivity contribution in [3.05, 3.63) is 0 Å². The van der Waals surface area contributed by atoms with Gasteiger partial charge in [0.15, 0.2) is 0 Å². The second-order valence-corrected chi connectivity index (χ2v) is 5.65. The van der Waals surface area contributed by atoms with Crippen LogP contribution in [0.3, 0.4) is 0 Å². The average Bonchev–Trinajstić information content (AvgIpc) is 2.29. The molecule has 0 amide bonds. The second-order valence-electron chi connectivity index (χ2n) is 5.65. The third-order valence-electron chi connectivity index (χ3n) is 4.33. The molecule has 4 heteroatoms. The van der Waals surface area contributed by atoms with Crippen LogP contribution in [-0.2, 0) is 4.79 Å². The van der Waals surface area contributed by atoms with Crippen LogP contribution in [0.2, 0.25) is 0 Å². The van der Waals surface area contributed by atoms with E-state index in [9.17, 15) is 15.0 Å². The molecule has 3 atom stereocenters. The Bertz CT molecular complexity index is 274. The van der Waals surface area contributed by atoms with Gasteiger partial charge in [0.05, 0.1) is 12.2 Å². The minimum absolute atomic E-state index is 0.0877. The highest BCUT2D eigenvalue weighted by Gasteiger charge is 2.37. The molecule has 0 aromatic heterocycles. The van der Waals surface area contributed by atoms with E-state index in [4.69, 9.17) is 5.73 Å². The largest absolute Gasteiger partial charge is 0.393 e. The summed E-state index contributed by atoms with van der Waals surface area (Å²) in [6.07, 6.45) is 4.10.